The zero-order valence-corrected chi connectivity index (χ0v) is 13.6. The van der Waals surface area contributed by atoms with Gasteiger partial charge in [-0.3, -0.25) is 0 Å². The highest BCUT2D eigenvalue weighted by Gasteiger charge is 2.20. The van der Waals surface area contributed by atoms with Gasteiger partial charge in [-0.1, -0.05) is 18.2 Å². The second kappa shape index (κ2) is 7.52. The van der Waals surface area contributed by atoms with Crippen LogP contribution in [0.1, 0.15) is 44.6 Å². The summed E-state index contributed by atoms with van der Waals surface area (Å²) >= 11 is 0. The maximum atomic E-state index is 6.10. The molecule has 120 valence electrons. The van der Waals surface area contributed by atoms with Gasteiger partial charge in [-0.05, 0) is 45.1 Å². The molecule has 1 aliphatic carbocycles. The van der Waals surface area contributed by atoms with Crippen LogP contribution in [0.4, 0.5) is 0 Å². The number of nitrogens with zero attached hydrogens (tertiary/aromatic N) is 2. The van der Waals surface area contributed by atoms with E-state index in [0.29, 0.717) is 12.6 Å². The first-order chi connectivity index (χ1) is 10.9. The maximum absolute atomic E-state index is 6.10. The first kappa shape index (κ1) is 15.2. The quantitative estimate of drug-likeness (QED) is 0.670. The van der Waals surface area contributed by atoms with Crippen LogP contribution < -0.4 is 10.1 Å². The summed E-state index contributed by atoms with van der Waals surface area (Å²) in [7, 11) is 0. The number of nitrogens with one attached hydrogen (secondary N) is 1. The predicted molar refractivity (Wildman–Crippen MR) is 90.3 cm³/mol. The van der Waals surface area contributed by atoms with Gasteiger partial charge in [0.2, 0.25) is 0 Å². The molecule has 0 spiro atoms. The number of benzene rings is 1. The Hall–Kier alpha value is -1.71. The Bertz CT molecular complexity index is 505. The molecule has 2 fully saturated rings. The van der Waals surface area contributed by atoms with E-state index in [4.69, 9.17) is 9.73 Å². The fourth-order valence-electron chi connectivity index (χ4n) is 2.93. The molecule has 4 nitrogen and oxygen atoms in total. The van der Waals surface area contributed by atoms with E-state index in [0.717, 1.165) is 31.3 Å². The zero-order chi connectivity index (χ0) is 15.2. The number of rotatable bonds is 5. The zero-order valence-electron chi connectivity index (χ0n) is 13.6. The third-order valence-corrected chi connectivity index (χ3v) is 4.46. The molecule has 1 saturated carbocycles. The Morgan fingerprint density at radius 2 is 2.00 bits per heavy atom. The van der Waals surface area contributed by atoms with E-state index in [-0.39, 0.29) is 0 Å². The van der Waals surface area contributed by atoms with Crippen LogP contribution in [-0.4, -0.2) is 36.6 Å². The monoisotopic (exact) mass is 301 g/mol. The lowest BCUT2D eigenvalue weighted by atomic mass is 9.96. The first-order valence-electron chi connectivity index (χ1n) is 8.64. The summed E-state index contributed by atoms with van der Waals surface area (Å²) < 4.78 is 6.10. The van der Waals surface area contributed by atoms with Crippen molar-refractivity contribution in [2.24, 2.45) is 4.99 Å². The standard InChI is InChI=1S/C18H27N3O/c1-2-19-18(21-12-5-6-13-21)20-14-15-8-3-4-11-17(15)22-16-9-7-10-16/h3-4,8,11,16H,2,5-7,9-10,12-14H2,1H3,(H,19,20). The molecule has 1 aliphatic heterocycles. The van der Waals surface area contributed by atoms with Gasteiger partial charge in [0.1, 0.15) is 5.75 Å². The summed E-state index contributed by atoms with van der Waals surface area (Å²) in [5.41, 5.74) is 1.18. The summed E-state index contributed by atoms with van der Waals surface area (Å²) in [6, 6.07) is 8.32. The predicted octanol–water partition coefficient (Wildman–Crippen LogP) is 3.18. The van der Waals surface area contributed by atoms with Gasteiger partial charge >= 0.3 is 0 Å². The molecule has 2 aliphatic rings. The van der Waals surface area contributed by atoms with Crippen LogP contribution in [0.25, 0.3) is 0 Å². The van der Waals surface area contributed by atoms with E-state index in [9.17, 15) is 0 Å². The van der Waals surface area contributed by atoms with Gasteiger partial charge in [-0.2, -0.15) is 0 Å². The molecule has 4 heteroatoms. The van der Waals surface area contributed by atoms with Crippen LogP contribution in [0.15, 0.2) is 29.3 Å². The molecule has 1 N–H and O–H groups in total. The lowest BCUT2D eigenvalue weighted by Crippen LogP contribution is -2.39. The van der Waals surface area contributed by atoms with Crippen molar-refractivity contribution >= 4 is 5.96 Å². The highest BCUT2D eigenvalue weighted by Crippen LogP contribution is 2.28. The number of para-hydroxylation sites is 1. The van der Waals surface area contributed by atoms with Crippen molar-refractivity contribution in [2.75, 3.05) is 19.6 Å². The average molecular weight is 301 g/mol. The minimum absolute atomic E-state index is 0.414. The molecule has 3 rings (SSSR count). The van der Waals surface area contributed by atoms with Crippen molar-refractivity contribution in [3.8, 4) is 5.75 Å². The number of hydrogen-bond acceptors (Lipinski definition) is 2. The van der Waals surface area contributed by atoms with Crippen LogP contribution >= 0.6 is 0 Å². The Morgan fingerprint density at radius 1 is 1.23 bits per heavy atom. The highest BCUT2D eigenvalue weighted by atomic mass is 16.5. The third kappa shape index (κ3) is 3.73. The van der Waals surface area contributed by atoms with E-state index in [1.165, 1.54) is 37.7 Å². The Balaban J connectivity index is 1.68. The number of guanidine groups is 1. The Morgan fingerprint density at radius 3 is 2.68 bits per heavy atom. The van der Waals surface area contributed by atoms with Crippen molar-refractivity contribution in [2.45, 2.75) is 51.7 Å². The summed E-state index contributed by atoms with van der Waals surface area (Å²) in [5.74, 6) is 2.05. The van der Waals surface area contributed by atoms with Gasteiger partial charge in [-0.15, -0.1) is 0 Å². The summed E-state index contributed by atoms with van der Waals surface area (Å²) in [4.78, 5) is 7.19. The maximum Gasteiger partial charge on any atom is 0.194 e. The molecule has 1 saturated heterocycles. The van der Waals surface area contributed by atoms with E-state index in [1.807, 2.05) is 6.07 Å². The molecule has 22 heavy (non-hydrogen) atoms. The fourth-order valence-corrected chi connectivity index (χ4v) is 2.93. The van der Waals surface area contributed by atoms with Crippen molar-refractivity contribution in [3.63, 3.8) is 0 Å². The molecular formula is C18H27N3O. The van der Waals surface area contributed by atoms with Gasteiger partial charge in [0.05, 0.1) is 12.6 Å². The van der Waals surface area contributed by atoms with Gasteiger partial charge < -0.3 is 15.0 Å². The van der Waals surface area contributed by atoms with E-state index in [2.05, 4.69) is 35.3 Å². The molecule has 1 heterocycles. The van der Waals surface area contributed by atoms with Crippen LogP contribution in [0.2, 0.25) is 0 Å². The van der Waals surface area contributed by atoms with Crippen LogP contribution in [-0.2, 0) is 6.54 Å². The van der Waals surface area contributed by atoms with Gasteiger partial charge in [0.25, 0.3) is 0 Å². The topological polar surface area (TPSA) is 36.9 Å². The van der Waals surface area contributed by atoms with E-state index >= 15 is 0 Å². The van der Waals surface area contributed by atoms with Crippen LogP contribution in [0, 0.1) is 0 Å². The van der Waals surface area contributed by atoms with Crippen LogP contribution in [0.5, 0.6) is 5.75 Å². The molecule has 0 radical (unpaired) electrons. The van der Waals surface area contributed by atoms with Crippen molar-refractivity contribution in [1.82, 2.24) is 10.2 Å². The molecule has 0 amide bonds. The highest BCUT2D eigenvalue weighted by molar-refractivity contribution is 5.80. The molecule has 0 atom stereocenters. The summed E-state index contributed by atoms with van der Waals surface area (Å²) in [6.45, 7) is 5.95. The minimum atomic E-state index is 0.414. The third-order valence-electron chi connectivity index (χ3n) is 4.46. The fraction of sp³-hybridized carbons (Fsp3) is 0.611. The van der Waals surface area contributed by atoms with Gasteiger partial charge in [0, 0.05) is 25.2 Å². The minimum Gasteiger partial charge on any atom is -0.490 e. The first-order valence-corrected chi connectivity index (χ1v) is 8.64. The molecule has 1 aromatic carbocycles. The number of likely N-dealkylation sites (tertiary alicyclic amines) is 1. The van der Waals surface area contributed by atoms with Crippen molar-refractivity contribution < 1.29 is 4.74 Å². The van der Waals surface area contributed by atoms with Gasteiger partial charge in [0.15, 0.2) is 5.96 Å². The second-order valence-corrected chi connectivity index (χ2v) is 6.14. The lowest BCUT2D eigenvalue weighted by Gasteiger charge is -2.27. The molecule has 0 aromatic heterocycles. The second-order valence-electron chi connectivity index (χ2n) is 6.14. The van der Waals surface area contributed by atoms with Crippen molar-refractivity contribution in [1.29, 1.82) is 0 Å². The molecule has 1 aromatic rings. The largest absolute Gasteiger partial charge is 0.490 e. The molecule has 0 bridgehead atoms. The smallest absolute Gasteiger partial charge is 0.194 e. The molecule has 0 unspecified atom stereocenters. The van der Waals surface area contributed by atoms with Crippen molar-refractivity contribution in [3.05, 3.63) is 29.8 Å². The SMILES string of the molecule is CCNC(=NCc1ccccc1OC1CCC1)N1CCCC1. The van der Waals surface area contributed by atoms with Crippen LogP contribution in [0.3, 0.4) is 0 Å². The van der Waals surface area contributed by atoms with E-state index in [1.54, 1.807) is 0 Å². The van der Waals surface area contributed by atoms with Gasteiger partial charge in [-0.25, -0.2) is 4.99 Å². The van der Waals surface area contributed by atoms with E-state index < -0.39 is 0 Å². The molecular weight excluding hydrogens is 274 g/mol. The number of hydrogen-bond donors (Lipinski definition) is 1. The lowest BCUT2D eigenvalue weighted by molar-refractivity contribution is 0.119. The summed E-state index contributed by atoms with van der Waals surface area (Å²) in [6.07, 6.45) is 6.63. The Kier molecular flexibility index (Phi) is 5.20. The number of ether oxygens (including phenoxy) is 1. The summed E-state index contributed by atoms with van der Waals surface area (Å²) in [5, 5.41) is 3.41. The number of aliphatic imine (C=N–C) groups is 1. The normalized spacial score (nSPS) is 19.1. The average Bonchev–Trinajstić information content (AvgIpc) is 3.02. The Labute approximate surface area is 133 Å².